The van der Waals surface area contributed by atoms with E-state index in [9.17, 15) is 8.42 Å². The Morgan fingerprint density at radius 3 is 2.40 bits per heavy atom. The smallest absolute Gasteiger partial charge is 0.267 e. The molecule has 0 fully saturated rings. The van der Waals surface area contributed by atoms with Gasteiger partial charge in [0.15, 0.2) is 0 Å². The number of hydrogen-bond donors (Lipinski definition) is 0. The Morgan fingerprint density at radius 2 is 2.00 bits per heavy atom. The van der Waals surface area contributed by atoms with Crippen LogP contribution in [0.2, 0.25) is 0 Å². The van der Waals surface area contributed by atoms with Gasteiger partial charge in [-0.2, -0.15) is 8.42 Å². The first-order valence-electron chi connectivity index (χ1n) is 2.96. The van der Waals surface area contributed by atoms with Crippen molar-refractivity contribution in [2.75, 3.05) is 17.3 Å². The Labute approximate surface area is 75.4 Å². The Hall–Kier alpha value is 0.640. The lowest BCUT2D eigenvalue weighted by Gasteiger charge is -1.98. The molecule has 0 aromatic carbocycles. The number of rotatable bonds is 5. The van der Waals surface area contributed by atoms with E-state index >= 15 is 0 Å². The molecular formula is C5H11IO3S. The van der Waals surface area contributed by atoms with Gasteiger partial charge >= 0.3 is 0 Å². The molecule has 0 radical (unpaired) electrons. The van der Waals surface area contributed by atoms with Crippen molar-refractivity contribution < 1.29 is 12.6 Å². The number of alkyl halides is 1. The van der Waals surface area contributed by atoms with Crippen molar-refractivity contribution in [3.63, 3.8) is 0 Å². The molecule has 0 heterocycles. The summed E-state index contributed by atoms with van der Waals surface area (Å²) in [6, 6.07) is 0. The van der Waals surface area contributed by atoms with Crippen molar-refractivity contribution >= 4 is 32.7 Å². The number of hydrogen-bond acceptors (Lipinski definition) is 3. The lowest BCUT2D eigenvalue weighted by molar-refractivity contribution is 0.396. The van der Waals surface area contributed by atoms with Crippen molar-refractivity contribution in [1.29, 1.82) is 0 Å². The minimum atomic E-state index is -3.20. The fraction of sp³-hybridized carbons (Fsp3) is 1.00. The molecule has 5 heteroatoms. The van der Waals surface area contributed by atoms with Gasteiger partial charge in [0, 0.05) is 0 Å². The van der Waals surface area contributed by atoms with E-state index in [1.165, 1.54) is 7.11 Å². The Balaban J connectivity index is 3.49. The zero-order valence-corrected chi connectivity index (χ0v) is 8.81. The number of halogens is 1. The van der Waals surface area contributed by atoms with Crippen LogP contribution in [0.4, 0.5) is 0 Å². The highest BCUT2D eigenvalue weighted by Crippen LogP contribution is 1.99. The van der Waals surface area contributed by atoms with Crippen LogP contribution in [0.1, 0.15) is 12.8 Å². The zero-order valence-electron chi connectivity index (χ0n) is 5.84. The monoisotopic (exact) mass is 278 g/mol. The summed E-state index contributed by atoms with van der Waals surface area (Å²) in [4.78, 5) is 0. The normalized spacial score (nSPS) is 11.8. The van der Waals surface area contributed by atoms with E-state index in [2.05, 4.69) is 26.8 Å². The van der Waals surface area contributed by atoms with E-state index in [1.807, 2.05) is 0 Å². The molecule has 62 valence electrons. The molecule has 0 unspecified atom stereocenters. The summed E-state index contributed by atoms with van der Waals surface area (Å²) in [5, 5.41) is 0. The average Bonchev–Trinajstić information content (AvgIpc) is 1.89. The third-order valence-corrected chi connectivity index (χ3v) is 3.09. The summed E-state index contributed by atoms with van der Waals surface area (Å²) in [5.74, 6) is 0.145. The fourth-order valence-electron chi connectivity index (χ4n) is 0.457. The molecule has 0 aliphatic rings. The third-order valence-electron chi connectivity index (χ3n) is 1.03. The highest BCUT2D eigenvalue weighted by Gasteiger charge is 2.06. The van der Waals surface area contributed by atoms with E-state index < -0.39 is 10.1 Å². The minimum absolute atomic E-state index is 0.145. The third kappa shape index (κ3) is 5.43. The topological polar surface area (TPSA) is 43.4 Å². The molecule has 0 saturated carbocycles. The van der Waals surface area contributed by atoms with Crippen LogP contribution in [0.5, 0.6) is 0 Å². The van der Waals surface area contributed by atoms with E-state index in [0.717, 1.165) is 10.8 Å². The van der Waals surface area contributed by atoms with E-state index in [0.29, 0.717) is 6.42 Å². The molecule has 10 heavy (non-hydrogen) atoms. The molecule has 0 rings (SSSR count). The second-order valence-corrected chi connectivity index (χ2v) is 4.76. The lowest BCUT2D eigenvalue weighted by atomic mass is 10.4. The van der Waals surface area contributed by atoms with Crippen LogP contribution >= 0.6 is 22.6 Å². The summed E-state index contributed by atoms with van der Waals surface area (Å²) < 4.78 is 26.5. The van der Waals surface area contributed by atoms with Crippen molar-refractivity contribution in [3.05, 3.63) is 0 Å². The highest BCUT2D eigenvalue weighted by molar-refractivity contribution is 14.1. The molecule has 0 saturated heterocycles. The fourth-order valence-corrected chi connectivity index (χ4v) is 1.72. The first-order chi connectivity index (χ1) is 4.62. The Morgan fingerprint density at radius 1 is 1.40 bits per heavy atom. The van der Waals surface area contributed by atoms with Crippen molar-refractivity contribution in [2.24, 2.45) is 0 Å². The second kappa shape index (κ2) is 5.31. The molecular weight excluding hydrogens is 267 g/mol. The predicted molar refractivity (Wildman–Crippen MR) is 48.9 cm³/mol. The van der Waals surface area contributed by atoms with Gasteiger partial charge in [0.05, 0.1) is 12.9 Å². The van der Waals surface area contributed by atoms with Crippen LogP contribution in [0, 0.1) is 0 Å². The van der Waals surface area contributed by atoms with Gasteiger partial charge in [-0.1, -0.05) is 22.6 Å². The molecule has 0 aromatic heterocycles. The van der Waals surface area contributed by atoms with Gasteiger partial charge in [-0.3, -0.25) is 4.18 Å². The van der Waals surface area contributed by atoms with Crippen LogP contribution in [-0.4, -0.2) is 25.7 Å². The van der Waals surface area contributed by atoms with Gasteiger partial charge in [-0.15, -0.1) is 0 Å². The van der Waals surface area contributed by atoms with Gasteiger partial charge in [-0.25, -0.2) is 0 Å². The maximum absolute atomic E-state index is 10.6. The van der Waals surface area contributed by atoms with E-state index in [1.54, 1.807) is 0 Å². The summed E-state index contributed by atoms with van der Waals surface area (Å²) in [6.07, 6.45) is 1.63. The predicted octanol–water partition coefficient (Wildman–Crippen LogP) is 1.18. The summed E-state index contributed by atoms with van der Waals surface area (Å²) in [6.45, 7) is 0. The average molecular weight is 278 g/mol. The van der Waals surface area contributed by atoms with Crippen LogP contribution in [-0.2, 0) is 14.3 Å². The van der Waals surface area contributed by atoms with Crippen LogP contribution in [0.25, 0.3) is 0 Å². The Kier molecular flexibility index (Phi) is 5.65. The standard InChI is InChI=1S/C5H11IO3S/c1-9-10(7,8)5-3-2-4-6/h2-5H2,1H3. The SMILES string of the molecule is COS(=O)(=O)CCCCI. The molecule has 0 amide bonds. The van der Waals surface area contributed by atoms with E-state index in [-0.39, 0.29) is 5.75 Å². The highest BCUT2D eigenvalue weighted by atomic mass is 127. The van der Waals surface area contributed by atoms with Gasteiger partial charge in [-0.05, 0) is 17.3 Å². The van der Waals surface area contributed by atoms with Crippen molar-refractivity contribution in [2.45, 2.75) is 12.8 Å². The molecule has 0 spiro atoms. The minimum Gasteiger partial charge on any atom is -0.273 e. The summed E-state index contributed by atoms with van der Waals surface area (Å²) in [7, 11) is -2.00. The molecule has 0 aliphatic heterocycles. The molecule has 0 atom stereocenters. The maximum atomic E-state index is 10.6. The van der Waals surface area contributed by atoms with Gasteiger partial charge in [0.1, 0.15) is 0 Å². The molecule has 0 bridgehead atoms. The van der Waals surface area contributed by atoms with Crippen LogP contribution in [0.3, 0.4) is 0 Å². The molecule has 3 nitrogen and oxygen atoms in total. The quantitative estimate of drug-likeness (QED) is 0.328. The van der Waals surface area contributed by atoms with Crippen LogP contribution in [0.15, 0.2) is 0 Å². The van der Waals surface area contributed by atoms with Gasteiger partial charge < -0.3 is 0 Å². The summed E-state index contributed by atoms with van der Waals surface area (Å²) >= 11 is 2.22. The Bertz CT molecular complexity index is 164. The van der Waals surface area contributed by atoms with Gasteiger partial charge in [0.25, 0.3) is 10.1 Å². The molecule has 0 aromatic rings. The lowest BCUT2D eigenvalue weighted by Crippen LogP contribution is -2.07. The van der Waals surface area contributed by atoms with E-state index in [4.69, 9.17) is 0 Å². The number of unbranched alkanes of at least 4 members (excludes halogenated alkanes) is 1. The summed E-state index contributed by atoms with van der Waals surface area (Å²) in [5.41, 5.74) is 0. The van der Waals surface area contributed by atoms with Gasteiger partial charge in [0.2, 0.25) is 0 Å². The molecule has 0 aliphatic carbocycles. The second-order valence-electron chi connectivity index (χ2n) is 1.82. The zero-order chi connectivity index (χ0) is 8.04. The first kappa shape index (κ1) is 10.6. The van der Waals surface area contributed by atoms with Crippen molar-refractivity contribution in [1.82, 2.24) is 0 Å². The maximum Gasteiger partial charge on any atom is 0.267 e. The first-order valence-corrected chi connectivity index (χ1v) is 6.07. The van der Waals surface area contributed by atoms with Crippen LogP contribution < -0.4 is 0 Å². The van der Waals surface area contributed by atoms with Crippen molar-refractivity contribution in [3.8, 4) is 0 Å². The largest absolute Gasteiger partial charge is 0.273 e. The molecule has 0 N–H and O–H groups in total.